The molecule has 1 radical (unpaired) electrons. The molecule has 0 aromatic rings. The van der Waals surface area contributed by atoms with Gasteiger partial charge in [0.05, 0.1) is 0 Å². The van der Waals surface area contributed by atoms with Gasteiger partial charge in [-0.25, -0.2) is 0 Å². The van der Waals surface area contributed by atoms with Crippen molar-refractivity contribution in [2.24, 2.45) is 0 Å². The van der Waals surface area contributed by atoms with E-state index in [4.69, 9.17) is 24.8 Å². The zero-order valence-corrected chi connectivity index (χ0v) is 8.00. The molecule has 0 fully saturated rings. The second-order valence-electron chi connectivity index (χ2n) is 1.81. The summed E-state index contributed by atoms with van der Waals surface area (Å²) in [7, 11) is 0. The topological polar surface area (TPSA) is 0 Å². The van der Waals surface area contributed by atoms with Crippen molar-refractivity contribution in [3.8, 4) is 0 Å². The van der Waals surface area contributed by atoms with Gasteiger partial charge < -0.3 is 0 Å². The predicted molar refractivity (Wildman–Crippen MR) is 52.2 cm³/mol. The molecule has 0 aromatic carbocycles. The van der Waals surface area contributed by atoms with Gasteiger partial charge in [-0.2, -0.15) is 0 Å². The van der Waals surface area contributed by atoms with Crippen LogP contribution in [-0.4, -0.2) is 9.28 Å². The Balaban J connectivity index is 2.83. The van der Waals surface area contributed by atoms with Crippen molar-refractivity contribution in [2.45, 2.75) is 26.2 Å². The van der Waals surface area contributed by atoms with Gasteiger partial charge in [-0.15, -0.1) is 11.8 Å². The van der Waals surface area contributed by atoms with Crippen LogP contribution in [0.3, 0.4) is 0 Å². The maximum absolute atomic E-state index is 4.72. The van der Waals surface area contributed by atoms with Crippen LogP contribution in [0.25, 0.3) is 0 Å². The summed E-state index contributed by atoms with van der Waals surface area (Å²) in [5, 5.41) is 0. The first kappa shape index (κ1) is 9.66. The van der Waals surface area contributed by atoms with Crippen molar-refractivity contribution in [2.75, 3.05) is 5.75 Å². The Morgan fingerprint density at radius 2 is 2.11 bits per heavy atom. The van der Waals surface area contributed by atoms with Crippen molar-refractivity contribution in [1.82, 2.24) is 0 Å². The van der Waals surface area contributed by atoms with Crippen LogP contribution < -0.4 is 0 Å². The van der Waals surface area contributed by atoms with Gasteiger partial charge in [-0.3, -0.25) is 0 Å². The normalized spacial score (nSPS) is 9.44. The highest BCUT2D eigenvalue weighted by molar-refractivity contribution is 8.41. The first-order valence-electron chi connectivity index (χ1n) is 3.11. The first-order chi connectivity index (χ1) is 4.27. The average molecular weight is 179 g/mol. The molecule has 0 amide bonds. The van der Waals surface area contributed by atoms with Crippen LogP contribution in [0.4, 0.5) is 0 Å². The Hall–Kier alpha value is 0.660. The Morgan fingerprint density at radius 1 is 1.44 bits per heavy atom. The lowest BCUT2D eigenvalue weighted by molar-refractivity contribution is 0.779. The second kappa shape index (κ2) is 6.78. The molecule has 0 saturated carbocycles. The lowest BCUT2D eigenvalue weighted by Gasteiger charge is -1.94. The van der Waals surface area contributed by atoms with Gasteiger partial charge in [-0.05, 0) is 12.2 Å². The van der Waals surface area contributed by atoms with E-state index in [-0.39, 0.29) is 0 Å². The molecular formula is C6H11S3. The van der Waals surface area contributed by atoms with Crippen LogP contribution in [0.2, 0.25) is 0 Å². The molecule has 0 nitrogen and oxygen atoms in total. The molecule has 53 valence electrons. The Labute approximate surface area is 72.2 Å². The summed E-state index contributed by atoms with van der Waals surface area (Å²) in [6.45, 7) is 2.19. The molecule has 0 saturated heterocycles. The van der Waals surface area contributed by atoms with E-state index in [1.165, 1.54) is 19.3 Å². The van der Waals surface area contributed by atoms with Crippen molar-refractivity contribution >= 4 is 40.1 Å². The van der Waals surface area contributed by atoms with E-state index in [1.54, 1.807) is 11.8 Å². The summed E-state index contributed by atoms with van der Waals surface area (Å²) >= 11 is 11.1. The molecule has 0 aliphatic heterocycles. The number of thiocarbonyl (C=S) groups is 1. The quantitative estimate of drug-likeness (QED) is 0.479. The number of unbranched alkanes of at least 4 members (excludes halogenated alkanes) is 2. The van der Waals surface area contributed by atoms with Crippen LogP contribution in [0.15, 0.2) is 0 Å². The van der Waals surface area contributed by atoms with E-state index in [2.05, 4.69) is 6.92 Å². The second-order valence-corrected chi connectivity index (χ2v) is 4.50. The van der Waals surface area contributed by atoms with Crippen molar-refractivity contribution < 1.29 is 0 Å². The van der Waals surface area contributed by atoms with Crippen LogP contribution in [0, 0.1) is 0 Å². The zero-order chi connectivity index (χ0) is 7.11. The molecule has 3 heteroatoms. The number of thioether (sulfide) groups is 1. The largest absolute Gasteiger partial charge is 0.134 e. The third-order valence-corrected chi connectivity index (χ3v) is 2.40. The standard InChI is InChI=1S/C6H11S3/c1-2-3-4-5-9-6(7)8/h2-5H2,1H3. The summed E-state index contributed by atoms with van der Waals surface area (Å²) < 4.78 is 0.658. The van der Waals surface area contributed by atoms with E-state index in [0.717, 1.165) is 5.75 Å². The van der Waals surface area contributed by atoms with Crippen LogP contribution >= 0.6 is 36.6 Å². The minimum Gasteiger partial charge on any atom is -0.103 e. The lowest BCUT2D eigenvalue weighted by atomic mass is 10.3. The average Bonchev–Trinajstić information content (AvgIpc) is 1.80. The smallest absolute Gasteiger partial charge is 0.103 e. The fourth-order valence-electron chi connectivity index (χ4n) is 0.508. The number of rotatable bonds is 4. The van der Waals surface area contributed by atoms with E-state index >= 15 is 0 Å². The van der Waals surface area contributed by atoms with Crippen molar-refractivity contribution in [3.05, 3.63) is 0 Å². The van der Waals surface area contributed by atoms with Gasteiger partial charge in [0.15, 0.2) is 0 Å². The highest BCUT2D eigenvalue weighted by Crippen LogP contribution is 2.10. The molecule has 0 heterocycles. The van der Waals surface area contributed by atoms with E-state index in [9.17, 15) is 0 Å². The number of hydrogen-bond donors (Lipinski definition) is 0. The third-order valence-electron chi connectivity index (χ3n) is 0.968. The molecule has 0 unspecified atom stereocenters. The fraction of sp³-hybridized carbons (Fsp3) is 0.833. The molecule has 0 aromatic heterocycles. The Kier molecular flexibility index (Phi) is 7.27. The van der Waals surface area contributed by atoms with E-state index < -0.39 is 0 Å². The first-order valence-corrected chi connectivity index (χ1v) is 4.91. The molecule has 0 atom stereocenters. The Morgan fingerprint density at radius 3 is 2.56 bits per heavy atom. The van der Waals surface area contributed by atoms with Gasteiger partial charge in [-0.1, -0.05) is 44.6 Å². The molecular weight excluding hydrogens is 168 g/mol. The van der Waals surface area contributed by atoms with Crippen LogP contribution in [0.1, 0.15) is 26.2 Å². The summed E-state index contributed by atoms with van der Waals surface area (Å²) in [6, 6.07) is 0. The van der Waals surface area contributed by atoms with Crippen LogP contribution in [0.5, 0.6) is 0 Å². The van der Waals surface area contributed by atoms with Gasteiger partial charge in [0, 0.05) is 0 Å². The molecule has 0 bridgehead atoms. The SMILES string of the molecule is CCCCCSC([S])=S. The minimum atomic E-state index is 0.658. The minimum absolute atomic E-state index is 0.658. The van der Waals surface area contributed by atoms with Gasteiger partial charge in [0.2, 0.25) is 0 Å². The Bertz CT molecular complexity index is 80.4. The highest BCUT2D eigenvalue weighted by Gasteiger charge is 1.90. The molecule has 0 N–H and O–H groups in total. The lowest BCUT2D eigenvalue weighted by Crippen LogP contribution is -1.80. The molecule has 0 spiro atoms. The summed E-state index contributed by atoms with van der Waals surface area (Å²) in [5.74, 6) is 1.11. The fourth-order valence-corrected chi connectivity index (χ4v) is 1.52. The molecule has 9 heavy (non-hydrogen) atoms. The molecule has 0 aliphatic rings. The molecule has 0 aliphatic carbocycles. The monoisotopic (exact) mass is 179 g/mol. The summed E-state index contributed by atoms with van der Waals surface area (Å²) in [5.41, 5.74) is 0. The third kappa shape index (κ3) is 8.66. The predicted octanol–water partition coefficient (Wildman–Crippen LogP) is 3.39. The van der Waals surface area contributed by atoms with Gasteiger partial charge >= 0.3 is 0 Å². The summed E-state index contributed by atoms with van der Waals surface area (Å²) in [4.78, 5) is 0. The van der Waals surface area contributed by atoms with Gasteiger partial charge in [0.1, 0.15) is 3.53 Å². The maximum Gasteiger partial charge on any atom is 0.134 e. The highest BCUT2D eigenvalue weighted by atomic mass is 32.2. The van der Waals surface area contributed by atoms with Crippen molar-refractivity contribution in [1.29, 1.82) is 0 Å². The number of hydrogen-bond acceptors (Lipinski definition) is 2. The zero-order valence-electron chi connectivity index (χ0n) is 5.55. The van der Waals surface area contributed by atoms with E-state index in [1.807, 2.05) is 0 Å². The maximum atomic E-state index is 4.72. The molecule has 0 rings (SSSR count). The van der Waals surface area contributed by atoms with Crippen molar-refractivity contribution in [3.63, 3.8) is 0 Å². The van der Waals surface area contributed by atoms with E-state index in [0.29, 0.717) is 3.53 Å². The van der Waals surface area contributed by atoms with Crippen LogP contribution in [-0.2, 0) is 0 Å². The van der Waals surface area contributed by atoms with Gasteiger partial charge in [0.25, 0.3) is 0 Å². The summed E-state index contributed by atoms with van der Waals surface area (Å²) in [6.07, 6.45) is 3.81.